The molecule has 0 aliphatic heterocycles. The van der Waals surface area contributed by atoms with E-state index >= 15 is 0 Å². The third kappa shape index (κ3) is 4.55. The van der Waals surface area contributed by atoms with Gasteiger partial charge in [-0.2, -0.15) is 0 Å². The van der Waals surface area contributed by atoms with Crippen molar-refractivity contribution in [1.29, 1.82) is 0 Å². The minimum Gasteiger partial charge on any atom is -0.478 e. The van der Waals surface area contributed by atoms with Gasteiger partial charge < -0.3 is 19.9 Å². The van der Waals surface area contributed by atoms with E-state index in [1.807, 2.05) is 0 Å². The summed E-state index contributed by atoms with van der Waals surface area (Å²) in [5.41, 5.74) is -0.558. The van der Waals surface area contributed by atoms with Crippen molar-refractivity contribution in [2.45, 2.75) is 6.10 Å². The number of ether oxygens (including phenoxy) is 2. The number of nitro benzene ring substituents is 1. The maximum Gasteiger partial charge on any atom is 0.338 e. The van der Waals surface area contributed by atoms with E-state index in [-0.39, 0.29) is 34.6 Å². The highest BCUT2D eigenvalue weighted by Gasteiger charge is 2.20. The minimum absolute atomic E-state index is 0.0473. The zero-order valence-corrected chi connectivity index (χ0v) is 12.2. The van der Waals surface area contributed by atoms with E-state index in [4.69, 9.17) is 26.2 Å². The molecule has 0 radical (unpaired) electrons. The fraction of sp³-hybridized carbons (Fsp3) is 0.417. The Bertz CT molecular complexity index is 537. The summed E-state index contributed by atoms with van der Waals surface area (Å²) < 4.78 is 10.1. The molecule has 1 atom stereocenters. The number of carboxylic acids is 1. The molecule has 0 saturated carbocycles. The molecule has 1 rings (SSSR count). The topological polar surface area (TPSA) is 111 Å². The Labute approximate surface area is 125 Å². The number of aromatic carboxylic acids is 1. The highest BCUT2D eigenvalue weighted by Crippen LogP contribution is 2.31. The number of rotatable bonds is 8. The van der Waals surface area contributed by atoms with Crippen molar-refractivity contribution in [2.75, 3.05) is 32.7 Å². The van der Waals surface area contributed by atoms with Gasteiger partial charge in [-0.05, 0) is 0 Å². The minimum atomic E-state index is -1.32. The zero-order chi connectivity index (χ0) is 16.0. The van der Waals surface area contributed by atoms with Crippen LogP contribution in [-0.4, -0.2) is 49.5 Å². The van der Waals surface area contributed by atoms with Gasteiger partial charge in [-0.25, -0.2) is 4.79 Å². The lowest BCUT2D eigenvalue weighted by atomic mass is 10.1. The molecular formula is C12H15ClN2O6. The maximum absolute atomic E-state index is 11.2. The first-order chi connectivity index (χ1) is 9.90. The van der Waals surface area contributed by atoms with Crippen LogP contribution in [0.4, 0.5) is 11.4 Å². The van der Waals surface area contributed by atoms with Crippen LogP contribution in [0.1, 0.15) is 10.4 Å². The highest BCUT2D eigenvalue weighted by molar-refractivity contribution is 6.34. The van der Waals surface area contributed by atoms with Crippen LogP contribution in [-0.2, 0) is 9.47 Å². The van der Waals surface area contributed by atoms with Gasteiger partial charge in [-0.15, -0.1) is 0 Å². The van der Waals surface area contributed by atoms with Crippen LogP contribution in [0.15, 0.2) is 12.1 Å². The predicted molar refractivity (Wildman–Crippen MR) is 76.2 cm³/mol. The van der Waals surface area contributed by atoms with Crippen molar-refractivity contribution in [3.8, 4) is 0 Å². The first kappa shape index (κ1) is 17.2. The molecule has 116 valence electrons. The number of nitrogens with one attached hydrogen (secondary N) is 1. The average Bonchev–Trinajstić information content (AvgIpc) is 2.43. The summed E-state index contributed by atoms with van der Waals surface area (Å²) in [5, 5.41) is 22.7. The molecule has 0 aliphatic rings. The molecule has 1 aromatic carbocycles. The smallest absolute Gasteiger partial charge is 0.338 e. The van der Waals surface area contributed by atoms with Crippen molar-refractivity contribution in [3.05, 3.63) is 32.8 Å². The lowest BCUT2D eigenvalue weighted by Crippen LogP contribution is -2.27. The molecule has 2 N–H and O–H groups in total. The zero-order valence-electron chi connectivity index (χ0n) is 11.5. The van der Waals surface area contributed by atoms with Gasteiger partial charge in [0.2, 0.25) is 0 Å². The van der Waals surface area contributed by atoms with Gasteiger partial charge in [0.05, 0.1) is 33.9 Å². The number of nitro groups is 1. The molecule has 0 aliphatic carbocycles. The lowest BCUT2D eigenvalue weighted by Gasteiger charge is -2.17. The molecule has 0 saturated heterocycles. The molecular weight excluding hydrogens is 304 g/mol. The van der Waals surface area contributed by atoms with E-state index in [1.165, 1.54) is 14.2 Å². The van der Waals surface area contributed by atoms with Crippen LogP contribution in [0.25, 0.3) is 0 Å². The van der Waals surface area contributed by atoms with E-state index in [0.29, 0.717) is 6.61 Å². The monoisotopic (exact) mass is 318 g/mol. The van der Waals surface area contributed by atoms with Crippen LogP contribution in [0.5, 0.6) is 0 Å². The Morgan fingerprint density at radius 2 is 2.19 bits per heavy atom. The third-order valence-electron chi connectivity index (χ3n) is 2.71. The third-order valence-corrected chi connectivity index (χ3v) is 3.01. The first-order valence-electron chi connectivity index (χ1n) is 5.87. The molecule has 0 fully saturated rings. The molecule has 0 spiro atoms. The lowest BCUT2D eigenvalue weighted by molar-refractivity contribution is -0.384. The first-order valence-corrected chi connectivity index (χ1v) is 6.25. The number of hydrogen-bond donors (Lipinski definition) is 2. The summed E-state index contributed by atoms with van der Waals surface area (Å²) in [6.07, 6.45) is -0.317. The van der Waals surface area contributed by atoms with Crippen molar-refractivity contribution in [2.24, 2.45) is 0 Å². The maximum atomic E-state index is 11.2. The fourth-order valence-corrected chi connectivity index (χ4v) is 1.94. The van der Waals surface area contributed by atoms with E-state index in [1.54, 1.807) is 0 Å². The average molecular weight is 319 g/mol. The molecule has 0 amide bonds. The predicted octanol–water partition coefficient (Wildman–Crippen LogP) is 2.02. The van der Waals surface area contributed by atoms with E-state index < -0.39 is 10.9 Å². The molecule has 21 heavy (non-hydrogen) atoms. The van der Waals surface area contributed by atoms with Crippen molar-refractivity contribution in [1.82, 2.24) is 0 Å². The second-order valence-corrected chi connectivity index (χ2v) is 4.51. The van der Waals surface area contributed by atoms with Crippen molar-refractivity contribution in [3.63, 3.8) is 0 Å². The van der Waals surface area contributed by atoms with Crippen LogP contribution in [0.2, 0.25) is 5.02 Å². The standard InChI is InChI=1S/C12H15ClN2O6/c1-20-6-8(21-2)5-14-11-9(12(16)17)3-7(15(18)19)4-10(11)13/h3-4,8,14H,5-6H2,1-2H3,(H,16,17). The SMILES string of the molecule is COCC(CNc1c(Cl)cc([N+](=O)[O-])cc1C(=O)O)OC. The summed E-state index contributed by atoms with van der Waals surface area (Å²) in [4.78, 5) is 21.2. The number of hydrogen-bond acceptors (Lipinski definition) is 6. The summed E-state index contributed by atoms with van der Waals surface area (Å²) in [5.74, 6) is -1.32. The Morgan fingerprint density at radius 3 is 2.67 bits per heavy atom. The van der Waals surface area contributed by atoms with Gasteiger partial charge in [0, 0.05) is 32.9 Å². The number of non-ortho nitro benzene ring substituents is 1. The quantitative estimate of drug-likeness (QED) is 0.557. The van der Waals surface area contributed by atoms with Crippen LogP contribution < -0.4 is 5.32 Å². The molecule has 9 heteroatoms. The van der Waals surface area contributed by atoms with Gasteiger partial charge >= 0.3 is 5.97 Å². The fourth-order valence-electron chi connectivity index (χ4n) is 1.66. The summed E-state index contributed by atoms with van der Waals surface area (Å²) in [7, 11) is 2.99. The Hall–Kier alpha value is -1.90. The number of methoxy groups -OCH3 is 2. The molecule has 1 aromatic rings. The van der Waals surface area contributed by atoms with E-state index in [2.05, 4.69) is 5.32 Å². The Kier molecular flexibility index (Phi) is 6.35. The molecule has 1 unspecified atom stereocenters. The molecule has 8 nitrogen and oxygen atoms in total. The second kappa shape index (κ2) is 7.77. The number of nitrogens with zero attached hydrogens (tertiary/aromatic N) is 1. The number of benzene rings is 1. The molecule has 0 aromatic heterocycles. The highest BCUT2D eigenvalue weighted by atomic mass is 35.5. The number of carboxylic acid groups (broad SMARTS) is 1. The number of anilines is 1. The van der Waals surface area contributed by atoms with E-state index in [9.17, 15) is 14.9 Å². The molecule has 0 heterocycles. The van der Waals surface area contributed by atoms with Crippen LogP contribution in [0, 0.1) is 10.1 Å². The van der Waals surface area contributed by atoms with Crippen LogP contribution >= 0.6 is 11.6 Å². The van der Waals surface area contributed by atoms with Gasteiger partial charge in [0.1, 0.15) is 0 Å². The van der Waals surface area contributed by atoms with Crippen LogP contribution in [0.3, 0.4) is 0 Å². The normalized spacial score (nSPS) is 12.0. The Morgan fingerprint density at radius 1 is 1.52 bits per heavy atom. The largest absolute Gasteiger partial charge is 0.478 e. The van der Waals surface area contributed by atoms with Gasteiger partial charge in [-0.1, -0.05) is 11.6 Å². The summed E-state index contributed by atoms with van der Waals surface area (Å²) in [6, 6.07) is 2.04. The molecule has 0 bridgehead atoms. The van der Waals surface area contributed by atoms with Crippen molar-refractivity contribution >= 4 is 28.9 Å². The van der Waals surface area contributed by atoms with Gasteiger partial charge in [0.25, 0.3) is 5.69 Å². The Balaban J connectivity index is 3.05. The van der Waals surface area contributed by atoms with E-state index in [0.717, 1.165) is 12.1 Å². The van der Waals surface area contributed by atoms with Gasteiger partial charge in [-0.3, -0.25) is 10.1 Å². The van der Waals surface area contributed by atoms with Gasteiger partial charge in [0.15, 0.2) is 0 Å². The van der Waals surface area contributed by atoms with Crippen molar-refractivity contribution < 1.29 is 24.3 Å². The second-order valence-electron chi connectivity index (χ2n) is 4.11. The number of halogens is 1. The summed E-state index contributed by atoms with van der Waals surface area (Å²) in [6.45, 7) is 0.540. The summed E-state index contributed by atoms with van der Waals surface area (Å²) >= 11 is 5.92. The number of carbonyl (C=O) groups is 1.